The first-order valence-corrected chi connectivity index (χ1v) is 9.11. The number of hydrogen-bond acceptors (Lipinski definition) is 2. The fraction of sp³-hybridized carbons (Fsp3) is 0.632. The van der Waals surface area contributed by atoms with Crippen molar-refractivity contribution in [2.75, 3.05) is 19.6 Å². The lowest BCUT2D eigenvalue weighted by atomic mass is 9.85. The summed E-state index contributed by atoms with van der Waals surface area (Å²) in [7, 11) is 0. The van der Waals surface area contributed by atoms with E-state index in [1.807, 2.05) is 6.92 Å². The quantitative estimate of drug-likeness (QED) is 0.799. The molecule has 0 radical (unpaired) electrons. The summed E-state index contributed by atoms with van der Waals surface area (Å²) in [6, 6.07) is 4.09. The smallest absolute Gasteiger partial charge is 0.336 e. The van der Waals surface area contributed by atoms with E-state index in [1.165, 1.54) is 12.1 Å². The molecule has 0 bridgehead atoms. The molecule has 0 saturated carbocycles. The lowest BCUT2D eigenvalue weighted by Crippen LogP contribution is -2.42. The molecule has 7 heteroatoms. The van der Waals surface area contributed by atoms with Crippen molar-refractivity contribution < 1.29 is 18.0 Å². The third-order valence-electron chi connectivity index (χ3n) is 5.45. The number of alkyl halides is 3. The van der Waals surface area contributed by atoms with Gasteiger partial charge >= 0.3 is 6.18 Å². The van der Waals surface area contributed by atoms with Gasteiger partial charge in [-0.25, -0.2) is 0 Å². The Balaban J connectivity index is 0.00000243. The predicted octanol–water partition coefficient (Wildman–Crippen LogP) is 4.61. The Labute approximate surface area is 158 Å². The van der Waals surface area contributed by atoms with Crippen LogP contribution < -0.4 is 5.32 Å². The summed E-state index contributed by atoms with van der Waals surface area (Å²) >= 11 is 0. The van der Waals surface area contributed by atoms with Crippen LogP contribution in [0.15, 0.2) is 18.2 Å². The first-order valence-electron chi connectivity index (χ1n) is 9.11. The van der Waals surface area contributed by atoms with Crippen LogP contribution in [0.2, 0.25) is 0 Å². The van der Waals surface area contributed by atoms with E-state index in [0.717, 1.165) is 25.3 Å². The molecule has 146 valence electrons. The second-order valence-corrected chi connectivity index (χ2v) is 7.17. The van der Waals surface area contributed by atoms with E-state index < -0.39 is 11.7 Å². The average molecular weight is 391 g/mol. The van der Waals surface area contributed by atoms with E-state index in [0.29, 0.717) is 38.0 Å². The average Bonchev–Trinajstić information content (AvgIpc) is 2.61. The van der Waals surface area contributed by atoms with Crippen LogP contribution in [-0.2, 0) is 6.18 Å². The first-order chi connectivity index (χ1) is 11.9. The third kappa shape index (κ3) is 4.52. The normalized spacial score (nSPS) is 22.0. The highest BCUT2D eigenvalue weighted by Crippen LogP contribution is 2.38. The molecule has 2 fully saturated rings. The van der Waals surface area contributed by atoms with Crippen LogP contribution in [0.5, 0.6) is 0 Å². The van der Waals surface area contributed by atoms with Gasteiger partial charge in [0.15, 0.2) is 0 Å². The van der Waals surface area contributed by atoms with Gasteiger partial charge in [0.25, 0.3) is 5.91 Å². The second-order valence-electron chi connectivity index (χ2n) is 7.17. The fourth-order valence-corrected chi connectivity index (χ4v) is 3.99. The van der Waals surface area contributed by atoms with Crippen LogP contribution in [-0.4, -0.2) is 36.5 Å². The number of piperidine rings is 2. The van der Waals surface area contributed by atoms with Crippen molar-refractivity contribution >= 4 is 18.3 Å². The lowest BCUT2D eigenvalue weighted by molar-refractivity contribution is -0.138. The summed E-state index contributed by atoms with van der Waals surface area (Å²) in [5.41, 5.74) is 0.0717. The van der Waals surface area contributed by atoms with Gasteiger partial charge in [0.05, 0.1) is 5.56 Å². The standard InChI is InChI=1S/C19H25F3N2O.ClH/c1-13-4-2-3-11-24(13)18(25)15-5-6-17(19(20,21)22)16(12-15)14-7-9-23-10-8-14;/h5-6,12-14,23H,2-4,7-11H2,1H3;1H. The van der Waals surface area contributed by atoms with Gasteiger partial charge < -0.3 is 10.2 Å². The molecule has 1 aromatic carbocycles. The summed E-state index contributed by atoms with van der Waals surface area (Å²) in [5.74, 6) is -0.291. The molecule has 0 spiro atoms. The molecule has 1 amide bonds. The van der Waals surface area contributed by atoms with Crippen LogP contribution in [0.4, 0.5) is 13.2 Å². The SMILES string of the molecule is CC1CCCCN1C(=O)c1ccc(C(F)(F)F)c(C2CCNCC2)c1.Cl. The molecular weight excluding hydrogens is 365 g/mol. The number of nitrogens with zero attached hydrogens (tertiary/aromatic N) is 1. The van der Waals surface area contributed by atoms with Gasteiger partial charge in [-0.3, -0.25) is 4.79 Å². The lowest BCUT2D eigenvalue weighted by Gasteiger charge is -2.34. The van der Waals surface area contributed by atoms with Gasteiger partial charge in [-0.2, -0.15) is 13.2 Å². The largest absolute Gasteiger partial charge is 0.416 e. The van der Waals surface area contributed by atoms with Crippen LogP contribution in [0, 0.1) is 0 Å². The summed E-state index contributed by atoms with van der Waals surface area (Å²) in [4.78, 5) is 14.6. The zero-order chi connectivity index (χ0) is 18.0. The predicted molar refractivity (Wildman–Crippen MR) is 97.9 cm³/mol. The van der Waals surface area contributed by atoms with E-state index in [1.54, 1.807) is 4.90 Å². The maximum Gasteiger partial charge on any atom is 0.416 e. The fourth-order valence-electron chi connectivity index (χ4n) is 3.99. The van der Waals surface area contributed by atoms with Crippen molar-refractivity contribution in [1.82, 2.24) is 10.2 Å². The van der Waals surface area contributed by atoms with Gasteiger partial charge in [-0.15, -0.1) is 12.4 Å². The summed E-state index contributed by atoms with van der Waals surface area (Å²) in [5, 5.41) is 3.18. The van der Waals surface area contributed by atoms with Crippen molar-refractivity contribution in [2.24, 2.45) is 0 Å². The number of carbonyl (C=O) groups excluding carboxylic acids is 1. The van der Waals surface area contributed by atoms with Crippen LogP contribution >= 0.6 is 12.4 Å². The van der Waals surface area contributed by atoms with Gasteiger partial charge in [-0.1, -0.05) is 0 Å². The minimum atomic E-state index is -4.39. The Morgan fingerprint density at radius 3 is 2.46 bits per heavy atom. The molecule has 1 unspecified atom stereocenters. The zero-order valence-electron chi connectivity index (χ0n) is 14.9. The third-order valence-corrected chi connectivity index (χ3v) is 5.45. The number of nitrogens with one attached hydrogen (secondary N) is 1. The van der Waals surface area contributed by atoms with Crippen LogP contribution in [0.25, 0.3) is 0 Å². The molecule has 2 aliphatic rings. The number of amides is 1. The number of rotatable bonds is 2. The Morgan fingerprint density at radius 1 is 1.15 bits per heavy atom. The minimum absolute atomic E-state index is 0. The molecule has 1 aromatic rings. The highest BCUT2D eigenvalue weighted by molar-refractivity contribution is 5.94. The summed E-state index contributed by atoms with van der Waals surface area (Å²) in [6.45, 7) is 4.12. The van der Waals surface area contributed by atoms with Gasteiger partial charge in [-0.05, 0) is 81.8 Å². The van der Waals surface area contributed by atoms with E-state index in [-0.39, 0.29) is 35.8 Å². The maximum absolute atomic E-state index is 13.4. The molecule has 1 atom stereocenters. The highest BCUT2D eigenvalue weighted by Gasteiger charge is 2.36. The number of carbonyl (C=O) groups is 1. The van der Waals surface area contributed by atoms with Crippen LogP contribution in [0.1, 0.15) is 66.4 Å². The van der Waals surface area contributed by atoms with Crippen molar-refractivity contribution in [3.8, 4) is 0 Å². The zero-order valence-corrected chi connectivity index (χ0v) is 15.8. The van der Waals surface area contributed by atoms with Gasteiger partial charge in [0.2, 0.25) is 0 Å². The highest BCUT2D eigenvalue weighted by atomic mass is 35.5. The number of likely N-dealkylation sites (tertiary alicyclic amines) is 1. The second kappa shape index (κ2) is 8.61. The molecule has 1 N–H and O–H groups in total. The van der Waals surface area contributed by atoms with Crippen molar-refractivity contribution in [2.45, 2.75) is 57.2 Å². The molecular formula is C19H26ClF3N2O. The monoisotopic (exact) mass is 390 g/mol. The summed E-state index contributed by atoms with van der Waals surface area (Å²) < 4.78 is 40.3. The van der Waals surface area contributed by atoms with E-state index >= 15 is 0 Å². The Bertz CT molecular complexity index is 630. The van der Waals surface area contributed by atoms with Gasteiger partial charge in [0.1, 0.15) is 0 Å². The topological polar surface area (TPSA) is 32.3 Å². The molecule has 26 heavy (non-hydrogen) atoms. The Hall–Kier alpha value is -1.27. The molecule has 0 aromatic heterocycles. The van der Waals surface area contributed by atoms with Crippen molar-refractivity contribution in [3.63, 3.8) is 0 Å². The van der Waals surface area contributed by atoms with Gasteiger partial charge in [0, 0.05) is 18.2 Å². The van der Waals surface area contributed by atoms with E-state index in [9.17, 15) is 18.0 Å². The molecule has 2 aliphatic heterocycles. The Morgan fingerprint density at radius 2 is 1.85 bits per heavy atom. The minimum Gasteiger partial charge on any atom is -0.336 e. The van der Waals surface area contributed by atoms with E-state index in [2.05, 4.69) is 5.32 Å². The molecule has 0 aliphatic carbocycles. The molecule has 2 heterocycles. The van der Waals surface area contributed by atoms with Crippen molar-refractivity contribution in [3.05, 3.63) is 34.9 Å². The number of benzene rings is 1. The first kappa shape index (κ1) is 21.0. The number of hydrogen-bond donors (Lipinski definition) is 1. The molecule has 3 nitrogen and oxygen atoms in total. The Kier molecular flexibility index (Phi) is 6.97. The van der Waals surface area contributed by atoms with Crippen molar-refractivity contribution in [1.29, 1.82) is 0 Å². The molecule has 3 rings (SSSR count). The van der Waals surface area contributed by atoms with Crippen LogP contribution in [0.3, 0.4) is 0 Å². The summed E-state index contributed by atoms with van der Waals surface area (Å²) in [6.07, 6.45) is -0.0500. The molecule has 2 saturated heterocycles. The van der Waals surface area contributed by atoms with E-state index in [4.69, 9.17) is 0 Å². The maximum atomic E-state index is 13.4. The number of halogens is 4.